The summed E-state index contributed by atoms with van der Waals surface area (Å²) in [5.74, 6) is 0.878. The molecule has 4 nitrogen and oxygen atoms in total. The van der Waals surface area contributed by atoms with Gasteiger partial charge in [0.05, 0.1) is 0 Å². The van der Waals surface area contributed by atoms with Gasteiger partial charge in [-0.2, -0.15) is 0 Å². The molecule has 0 aliphatic heterocycles. The lowest BCUT2D eigenvalue weighted by molar-refractivity contribution is 0.989. The third-order valence-corrected chi connectivity index (χ3v) is 3.14. The smallest absolute Gasteiger partial charge is 0.150 e. The lowest BCUT2D eigenvalue weighted by Crippen LogP contribution is -2.08. The largest absolute Gasteiger partial charge is 0.382 e. The Labute approximate surface area is 111 Å². The minimum Gasteiger partial charge on any atom is -0.382 e. The van der Waals surface area contributed by atoms with Gasteiger partial charge < -0.3 is 11.1 Å². The summed E-state index contributed by atoms with van der Waals surface area (Å²) in [5.41, 5.74) is 8.20. The zero-order valence-corrected chi connectivity index (χ0v) is 10.9. The molecule has 0 bridgehead atoms. The van der Waals surface area contributed by atoms with Crippen LogP contribution in [0.25, 0.3) is 0 Å². The maximum absolute atomic E-state index is 5.99. The van der Waals surface area contributed by atoms with Crippen LogP contribution in [0.5, 0.6) is 0 Å². The molecule has 5 heteroatoms. The van der Waals surface area contributed by atoms with Crippen molar-refractivity contribution in [3.05, 3.63) is 46.7 Å². The van der Waals surface area contributed by atoms with Crippen molar-refractivity contribution in [3.63, 3.8) is 0 Å². The first kappa shape index (κ1) is 12.6. The van der Waals surface area contributed by atoms with Crippen LogP contribution in [-0.2, 0) is 6.42 Å². The Bertz CT molecular complexity index is 542. The van der Waals surface area contributed by atoms with Crippen LogP contribution in [0.3, 0.4) is 0 Å². The van der Waals surface area contributed by atoms with Gasteiger partial charge in [0.15, 0.2) is 0 Å². The molecular formula is C13H15ClN4. The van der Waals surface area contributed by atoms with E-state index in [2.05, 4.69) is 34.3 Å². The molecule has 0 radical (unpaired) electrons. The average Bonchev–Trinajstić information content (AvgIpc) is 2.37. The number of aromatic nitrogens is 2. The van der Waals surface area contributed by atoms with E-state index in [4.69, 9.17) is 17.3 Å². The molecule has 1 heterocycles. The predicted molar refractivity (Wildman–Crippen MR) is 74.8 cm³/mol. The number of benzene rings is 1. The molecule has 0 atom stereocenters. The summed E-state index contributed by atoms with van der Waals surface area (Å²) in [6.45, 7) is 2.85. The number of nitrogens with one attached hydrogen (secondary N) is 1. The maximum atomic E-state index is 5.99. The normalized spacial score (nSPS) is 10.3. The van der Waals surface area contributed by atoms with Crippen LogP contribution in [0.15, 0.2) is 30.6 Å². The van der Waals surface area contributed by atoms with Gasteiger partial charge in [0.2, 0.25) is 0 Å². The Balaban J connectivity index is 1.97. The molecule has 0 spiro atoms. The van der Waals surface area contributed by atoms with Gasteiger partial charge in [0.1, 0.15) is 23.0 Å². The van der Waals surface area contributed by atoms with Crippen molar-refractivity contribution in [2.24, 2.45) is 0 Å². The fraction of sp³-hybridized carbons (Fsp3) is 0.231. The third-order valence-electron chi connectivity index (χ3n) is 2.76. The second-order valence-corrected chi connectivity index (χ2v) is 4.40. The van der Waals surface area contributed by atoms with E-state index in [1.165, 1.54) is 17.5 Å². The minimum atomic E-state index is 0.296. The highest BCUT2D eigenvalue weighted by molar-refractivity contribution is 6.35. The van der Waals surface area contributed by atoms with Gasteiger partial charge in [-0.3, -0.25) is 0 Å². The van der Waals surface area contributed by atoms with E-state index >= 15 is 0 Å². The number of anilines is 2. The number of nitrogens with zero attached hydrogens (tertiary/aromatic N) is 2. The topological polar surface area (TPSA) is 63.8 Å². The number of nitrogens with two attached hydrogens (primary N) is 1. The van der Waals surface area contributed by atoms with Crippen molar-refractivity contribution >= 4 is 23.2 Å². The first-order valence-electron chi connectivity index (χ1n) is 5.73. The highest BCUT2D eigenvalue weighted by atomic mass is 35.5. The van der Waals surface area contributed by atoms with Crippen LogP contribution >= 0.6 is 11.6 Å². The van der Waals surface area contributed by atoms with E-state index in [-0.39, 0.29) is 0 Å². The van der Waals surface area contributed by atoms with Crippen LogP contribution in [0.2, 0.25) is 5.02 Å². The van der Waals surface area contributed by atoms with Gasteiger partial charge in [-0.1, -0.05) is 35.9 Å². The number of hydrogen-bond acceptors (Lipinski definition) is 4. The molecule has 0 saturated carbocycles. The summed E-state index contributed by atoms with van der Waals surface area (Å²) in [7, 11) is 0. The molecule has 0 unspecified atom stereocenters. The Morgan fingerprint density at radius 1 is 1.28 bits per heavy atom. The third kappa shape index (κ3) is 2.90. The van der Waals surface area contributed by atoms with Crippen molar-refractivity contribution in [1.29, 1.82) is 0 Å². The molecule has 0 saturated heterocycles. The number of rotatable bonds is 4. The molecule has 0 fully saturated rings. The van der Waals surface area contributed by atoms with Crippen LogP contribution in [0.4, 0.5) is 11.6 Å². The van der Waals surface area contributed by atoms with Crippen LogP contribution in [0, 0.1) is 6.92 Å². The summed E-state index contributed by atoms with van der Waals surface area (Å²) in [4.78, 5) is 7.87. The quantitative estimate of drug-likeness (QED) is 0.889. The first-order chi connectivity index (χ1) is 8.68. The molecule has 1 aromatic carbocycles. The van der Waals surface area contributed by atoms with Crippen LogP contribution < -0.4 is 11.1 Å². The fourth-order valence-electron chi connectivity index (χ4n) is 1.71. The van der Waals surface area contributed by atoms with Crippen molar-refractivity contribution in [1.82, 2.24) is 9.97 Å². The second-order valence-electron chi connectivity index (χ2n) is 4.02. The second kappa shape index (κ2) is 5.69. The molecule has 0 aliphatic rings. The molecule has 1 aromatic heterocycles. The SMILES string of the molecule is Cc1ccccc1CCNc1ncnc(N)c1Cl. The first-order valence-corrected chi connectivity index (χ1v) is 6.10. The Hall–Kier alpha value is -1.81. The summed E-state index contributed by atoms with van der Waals surface area (Å²) in [6.07, 6.45) is 2.31. The molecule has 94 valence electrons. The predicted octanol–water partition coefficient (Wildman–Crippen LogP) is 2.68. The van der Waals surface area contributed by atoms with Crippen molar-refractivity contribution in [3.8, 4) is 0 Å². The highest BCUT2D eigenvalue weighted by Crippen LogP contribution is 2.23. The minimum absolute atomic E-state index is 0.296. The molecule has 3 N–H and O–H groups in total. The monoisotopic (exact) mass is 262 g/mol. The van der Waals surface area contributed by atoms with Gasteiger partial charge in [0.25, 0.3) is 0 Å². The molecule has 0 amide bonds. The van der Waals surface area contributed by atoms with Crippen molar-refractivity contribution in [2.75, 3.05) is 17.6 Å². The molecule has 2 aromatic rings. The number of aryl methyl sites for hydroxylation is 1. The Morgan fingerprint density at radius 2 is 2.06 bits per heavy atom. The Morgan fingerprint density at radius 3 is 2.83 bits per heavy atom. The highest BCUT2D eigenvalue weighted by Gasteiger charge is 2.05. The zero-order chi connectivity index (χ0) is 13.0. The van der Waals surface area contributed by atoms with E-state index in [1.54, 1.807) is 0 Å². The number of hydrogen-bond donors (Lipinski definition) is 2. The van der Waals surface area contributed by atoms with Gasteiger partial charge in [-0.05, 0) is 24.5 Å². The fourth-order valence-corrected chi connectivity index (χ4v) is 1.88. The Kier molecular flexibility index (Phi) is 3.99. The average molecular weight is 263 g/mol. The van der Waals surface area contributed by atoms with E-state index in [0.717, 1.165) is 13.0 Å². The van der Waals surface area contributed by atoms with E-state index in [9.17, 15) is 0 Å². The molecule has 0 aliphatic carbocycles. The van der Waals surface area contributed by atoms with Crippen LogP contribution in [-0.4, -0.2) is 16.5 Å². The molecule has 18 heavy (non-hydrogen) atoms. The summed E-state index contributed by atoms with van der Waals surface area (Å²) in [6, 6.07) is 8.30. The molecular weight excluding hydrogens is 248 g/mol. The molecule has 2 rings (SSSR count). The van der Waals surface area contributed by atoms with Crippen LogP contribution in [0.1, 0.15) is 11.1 Å². The zero-order valence-electron chi connectivity index (χ0n) is 10.2. The maximum Gasteiger partial charge on any atom is 0.150 e. The van der Waals surface area contributed by atoms with E-state index in [1.807, 2.05) is 12.1 Å². The number of halogens is 1. The van der Waals surface area contributed by atoms with Crippen molar-refractivity contribution < 1.29 is 0 Å². The standard InChI is InChI=1S/C13H15ClN4/c1-9-4-2-3-5-10(9)6-7-16-13-11(14)12(15)17-8-18-13/h2-5,8H,6-7H2,1H3,(H3,15,16,17,18). The van der Waals surface area contributed by atoms with Gasteiger partial charge in [-0.25, -0.2) is 9.97 Å². The van der Waals surface area contributed by atoms with E-state index < -0.39 is 0 Å². The summed E-state index contributed by atoms with van der Waals surface area (Å²) in [5, 5.41) is 3.54. The summed E-state index contributed by atoms with van der Waals surface area (Å²) >= 11 is 5.99. The summed E-state index contributed by atoms with van der Waals surface area (Å²) < 4.78 is 0. The lowest BCUT2D eigenvalue weighted by Gasteiger charge is -2.09. The lowest BCUT2D eigenvalue weighted by atomic mass is 10.1. The van der Waals surface area contributed by atoms with Gasteiger partial charge in [0, 0.05) is 6.54 Å². The van der Waals surface area contributed by atoms with Crippen molar-refractivity contribution in [2.45, 2.75) is 13.3 Å². The number of nitrogen functional groups attached to an aromatic ring is 1. The van der Waals surface area contributed by atoms with Gasteiger partial charge >= 0.3 is 0 Å². The van der Waals surface area contributed by atoms with E-state index in [0.29, 0.717) is 16.7 Å². The van der Waals surface area contributed by atoms with Gasteiger partial charge in [-0.15, -0.1) is 0 Å².